The highest BCUT2D eigenvalue weighted by molar-refractivity contribution is 5.35. The Morgan fingerprint density at radius 1 is 1.23 bits per heavy atom. The number of fused-ring (bicyclic) bond motifs is 1. The lowest BCUT2D eigenvalue weighted by Crippen LogP contribution is -2.27. The van der Waals surface area contributed by atoms with Gasteiger partial charge in [0.1, 0.15) is 0 Å². The predicted molar refractivity (Wildman–Crippen MR) is 102 cm³/mol. The summed E-state index contributed by atoms with van der Waals surface area (Å²) in [4.78, 5) is 15.4. The molecule has 134 valence electrons. The Morgan fingerprint density at radius 3 is 2.96 bits per heavy atom. The lowest BCUT2D eigenvalue weighted by atomic mass is 9.92. The van der Waals surface area contributed by atoms with Gasteiger partial charge in [-0.2, -0.15) is 0 Å². The molecule has 0 aliphatic heterocycles. The summed E-state index contributed by atoms with van der Waals surface area (Å²) in [5.41, 5.74) is 4.71. The molecule has 1 aliphatic rings. The van der Waals surface area contributed by atoms with E-state index in [2.05, 4.69) is 44.2 Å². The number of anilines is 1. The van der Waals surface area contributed by atoms with Gasteiger partial charge in [0.2, 0.25) is 5.95 Å². The van der Waals surface area contributed by atoms with Gasteiger partial charge in [0.05, 0.1) is 17.6 Å². The Labute approximate surface area is 153 Å². The van der Waals surface area contributed by atoms with Crippen molar-refractivity contribution >= 4 is 5.95 Å². The second-order valence-electron chi connectivity index (χ2n) is 6.87. The second kappa shape index (κ2) is 7.25. The molecule has 0 aromatic carbocycles. The third-order valence-electron chi connectivity index (χ3n) is 4.86. The van der Waals surface area contributed by atoms with Gasteiger partial charge in [-0.15, -0.1) is 0 Å². The maximum atomic E-state index is 4.73. The fourth-order valence-electron chi connectivity index (χ4n) is 3.50. The minimum Gasteiger partial charge on any atom is -0.347 e. The summed E-state index contributed by atoms with van der Waals surface area (Å²) in [6, 6.07) is 8.56. The van der Waals surface area contributed by atoms with Crippen LogP contribution in [0.1, 0.15) is 35.8 Å². The third-order valence-corrected chi connectivity index (χ3v) is 4.86. The van der Waals surface area contributed by atoms with Gasteiger partial charge in [-0.25, -0.2) is 9.97 Å². The minimum atomic E-state index is 0.298. The van der Waals surface area contributed by atoms with Crippen LogP contribution in [0.2, 0.25) is 0 Å². The first-order valence-corrected chi connectivity index (χ1v) is 9.05. The first kappa shape index (κ1) is 16.7. The van der Waals surface area contributed by atoms with Crippen LogP contribution >= 0.6 is 0 Å². The van der Waals surface area contributed by atoms with Gasteiger partial charge in [0.15, 0.2) is 0 Å². The molecule has 0 amide bonds. The number of hydrogen-bond donors (Lipinski definition) is 1. The second-order valence-corrected chi connectivity index (χ2v) is 6.87. The summed E-state index contributed by atoms with van der Waals surface area (Å²) in [5.74, 6) is 0.787. The van der Waals surface area contributed by atoms with Crippen LogP contribution in [0.15, 0.2) is 49.1 Å². The van der Waals surface area contributed by atoms with Crippen molar-refractivity contribution in [2.45, 2.75) is 31.8 Å². The van der Waals surface area contributed by atoms with Gasteiger partial charge in [-0.1, -0.05) is 0 Å². The van der Waals surface area contributed by atoms with Gasteiger partial charge in [0.25, 0.3) is 0 Å². The molecule has 6 heteroatoms. The van der Waals surface area contributed by atoms with Crippen molar-refractivity contribution in [3.05, 3.63) is 66.0 Å². The average molecular weight is 348 g/mol. The molecule has 3 heterocycles. The van der Waals surface area contributed by atoms with Crippen molar-refractivity contribution in [1.29, 1.82) is 0 Å². The summed E-state index contributed by atoms with van der Waals surface area (Å²) in [6.07, 6.45) is 11.1. The molecule has 6 nitrogen and oxygen atoms in total. The summed E-state index contributed by atoms with van der Waals surface area (Å²) in [5, 5.41) is 3.70. The Morgan fingerprint density at radius 2 is 2.15 bits per heavy atom. The van der Waals surface area contributed by atoms with Gasteiger partial charge in [0, 0.05) is 56.5 Å². The summed E-state index contributed by atoms with van der Waals surface area (Å²) in [6.45, 7) is 0.793. The lowest BCUT2D eigenvalue weighted by molar-refractivity contribution is 0.448. The molecular weight excluding hydrogens is 324 g/mol. The maximum absolute atomic E-state index is 4.73. The number of aryl methyl sites for hydroxylation is 1. The van der Waals surface area contributed by atoms with Gasteiger partial charge < -0.3 is 14.8 Å². The highest BCUT2D eigenvalue weighted by Crippen LogP contribution is 2.29. The van der Waals surface area contributed by atoms with E-state index >= 15 is 0 Å². The molecule has 3 aromatic rings. The molecular formula is C20H24N6. The van der Waals surface area contributed by atoms with E-state index in [9.17, 15) is 0 Å². The number of nitrogens with one attached hydrogen (secondary N) is 1. The molecule has 0 fully saturated rings. The number of pyridine rings is 1. The van der Waals surface area contributed by atoms with Crippen LogP contribution in [-0.4, -0.2) is 33.6 Å². The summed E-state index contributed by atoms with van der Waals surface area (Å²) in [7, 11) is 3.96. The zero-order valence-electron chi connectivity index (χ0n) is 15.3. The Bertz CT molecular complexity index is 871. The van der Waals surface area contributed by atoms with Crippen molar-refractivity contribution in [1.82, 2.24) is 24.8 Å². The molecule has 1 unspecified atom stereocenters. The molecule has 3 aromatic heterocycles. The van der Waals surface area contributed by atoms with Crippen LogP contribution in [0.25, 0.3) is 5.69 Å². The van der Waals surface area contributed by atoms with Gasteiger partial charge >= 0.3 is 0 Å². The maximum Gasteiger partial charge on any atom is 0.225 e. The molecule has 0 bridgehead atoms. The largest absolute Gasteiger partial charge is 0.347 e. The van der Waals surface area contributed by atoms with Crippen LogP contribution in [0.3, 0.4) is 0 Å². The van der Waals surface area contributed by atoms with Crippen LogP contribution < -0.4 is 10.2 Å². The highest BCUT2D eigenvalue weighted by Gasteiger charge is 2.22. The Balaban J connectivity index is 1.51. The van der Waals surface area contributed by atoms with Crippen molar-refractivity contribution in [3.63, 3.8) is 0 Å². The van der Waals surface area contributed by atoms with Gasteiger partial charge in [-0.05, 0) is 43.5 Å². The van der Waals surface area contributed by atoms with E-state index in [1.54, 1.807) is 6.20 Å². The van der Waals surface area contributed by atoms with Crippen LogP contribution in [0.4, 0.5) is 5.95 Å². The van der Waals surface area contributed by atoms with Crippen LogP contribution in [0.5, 0.6) is 0 Å². The highest BCUT2D eigenvalue weighted by atomic mass is 15.2. The van der Waals surface area contributed by atoms with Crippen molar-refractivity contribution in [2.75, 3.05) is 19.0 Å². The Kier molecular flexibility index (Phi) is 4.67. The van der Waals surface area contributed by atoms with Crippen molar-refractivity contribution < 1.29 is 0 Å². The van der Waals surface area contributed by atoms with E-state index in [4.69, 9.17) is 4.98 Å². The van der Waals surface area contributed by atoms with Crippen molar-refractivity contribution in [2.24, 2.45) is 0 Å². The molecule has 1 atom stereocenters. The third kappa shape index (κ3) is 3.32. The van der Waals surface area contributed by atoms with E-state index in [1.165, 1.54) is 17.0 Å². The molecule has 1 aliphatic carbocycles. The van der Waals surface area contributed by atoms with Crippen molar-refractivity contribution in [3.8, 4) is 5.69 Å². The predicted octanol–water partition coefficient (Wildman–Crippen LogP) is 2.90. The monoisotopic (exact) mass is 348 g/mol. The number of hydrogen-bond acceptors (Lipinski definition) is 5. The summed E-state index contributed by atoms with van der Waals surface area (Å²) >= 11 is 0. The first-order chi connectivity index (χ1) is 12.7. The fraction of sp³-hybridized carbons (Fsp3) is 0.350. The topological polar surface area (TPSA) is 58.9 Å². The van der Waals surface area contributed by atoms with E-state index in [-0.39, 0.29) is 0 Å². The van der Waals surface area contributed by atoms with Gasteiger partial charge in [-0.3, -0.25) is 4.98 Å². The van der Waals surface area contributed by atoms with E-state index in [0.29, 0.717) is 6.04 Å². The summed E-state index contributed by atoms with van der Waals surface area (Å²) < 4.78 is 2.18. The zero-order valence-corrected chi connectivity index (χ0v) is 15.3. The molecule has 0 spiro atoms. The van der Waals surface area contributed by atoms with Crippen LogP contribution in [-0.2, 0) is 13.0 Å². The molecule has 0 radical (unpaired) electrons. The molecule has 0 saturated carbocycles. The SMILES string of the molecule is CN(C)c1ncc2c(n1)CCCC2NCc1cccn1-c1cccnc1. The normalized spacial score (nSPS) is 16.3. The zero-order chi connectivity index (χ0) is 17.9. The number of rotatable bonds is 5. The lowest BCUT2D eigenvalue weighted by Gasteiger charge is -2.26. The van der Waals surface area contributed by atoms with E-state index < -0.39 is 0 Å². The molecule has 4 rings (SSSR count). The standard InChI is InChI=1S/C20H24N6/c1-25(2)20-23-14-17-18(8-3-9-19(17)24-20)22-13-16-7-5-11-26(16)15-6-4-10-21-12-15/h4-7,10-12,14,18,22H,3,8-9,13H2,1-2H3. The number of nitrogens with zero attached hydrogens (tertiary/aromatic N) is 5. The molecule has 1 N–H and O–H groups in total. The minimum absolute atomic E-state index is 0.298. The average Bonchev–Trinajstić information content (AvgIpc) is 3.15. The first-order valence-electron chi connectivity index (χ1n) is 9.05. The van der Waals surface area contributed by atoms with E-state index in [1.807, 2.05) is 37.5 Å². The van der Waals surface area contributed by atoms with E-state index in [0.717, 1.165) is 37.4 Å². The Hall–Kier alpha value is -2.73. The molecule has 0 saturated heterocycles. The fourth-order valence-corrected chi connectivity index (χ4v) is 3.50. The quantitative estimate of drug-likeness (QED) is 0.768. The number of aromatic nitrogens is 4. The smallest absolute Gasteiger partial charge is 0.225 e. The molecule has 26 heavy (non-hydrogen) atoms. The van der Waals surface area contributed by atoms with Crippen LogP contribution in [0, 0.1) is 0 Å².